The van der Waals surface area contributed by atoms with Gasteiger partial charge in [0.2, 0.25) is 5.60 Å². The predicted molar refractivity (Wildman–Crippen MR) is 93.8 cm³/mol. The zero-order valence-corrected chi connectivity index (χ0v) is 14.3. The highest BCUT2D eigenvalue weighted by atomic mass is 16.4. The number of carboxylic acid groups (broad SMARTS) is 1. The lowest BCUT2D eigenvalue weighted by Crippen LogP contribution is -2.35. The van der Waals surface area contributed by atoms with E-state index in [4.69, 9.17) is 0 Å². The van der Waals surface area contributed by atoms with Gasteiger partial charge < -0.3 is 10.2 Å². The van der Waals surface area contributed by atoms with E-state index in [0.29, 0.717) is 11.1 Å². The third kappa shape index (κ3) is 2.26. The van der Waals surface area contributed by atoms with Crippen LogP contribution in [0.1, 0.15) is 43.5 Å². The van der Waals surface area contributed by atoms with E-state index in [1.165, 1.54) is 0 Å². The molecule has 0 amide bonds. The first-order valence-corrected chi connectivity index (χ1v) is 8.39. The minimum absolute atomic E-state index is 0.159. The molecular weight excluding hydrogens is 302 g/mol. The molecule has 0 aromatic heterocycles. The van der Waals surface area contributed by atoms with E-state index < -0.39 is 11.6 Å². The smallest absolute Gasteiger partial charge is 0.345 e. The average Bonchev–Trinajstić information content (AvgIpc) is 2.86. The second-order valence-corrected chi connectivity index (χ2v) is 6.26. The van der Waals surface area contributed by atoms with Crippen molar-refractivity contribution in [1.82, 2.24) is 4.90 Å². The van der Waals surface area contributed by atoms with Crippen LogP contribution in [0.5, 0.6) is 0 Å². The molecule has 0 radical (unpaired) electrons. The van der Waals surface area contributed by atoms with Gasteiger partial charge in [-0.05, 0) is 42.8 Å². The number of aliphatic hydroxyl groups is 1. The van der Waals surface area contributed by atoms with Gasteiger partial charge in [0.1, 0.15) is 0 Å². The minimum atomic E-state index is -1.98. The number of aliphatic carboxylic acids is 1. The summed E-state index contributed by atoms with van der Waals surface area (Å²) in [6.45, 7) is 8.15. The highest BCUT2D eigenvalue weighted by Gasteiger charge is 2.48. The molecule has 3 rings (SSSR count). The Morgan fingerprint density at radius 1 is 1.08 bits per heavy atom. The van der Waals surface area contributed by atoms with Crippen LogP contribution in [0.3, 0.4) is 0 Å². The summed E-state index contributed by atoms with van der Waals surface area (Å²) in [7, 11) is 0. The van der Waals surface area contributed by atoms with Crippen molar-refractivity contribution >= 4 is 5.97 Å². The molecule has 0 spiro atoms. The number of hydrogen-bond acceptors (Lipinski definition) is 3. The fourth-order valence-corrected chi connectivity index (χ4v) is 3.75. The number of carboxylic acids is 1. The SMILES string of the molecule is CCN(CC)C(C)c1ccc2c(c1)C(O)(C(=O)O)c1ccccc1-2. The molecule has 0 saturated heterocycles. The van der Waals surface area contributed by atoms with Gasteiger partial charge in [-0.25, -0.2) is 4.79 Å². The summed E-state index contributed by atoms with van der Waals surface area (Å²) in [6, 6.07) is 13.2. The fourth-order valence-electron chi connectivity index (χ4n) is 3.75. The summed E-state index contributed by atoms with van der Waals surface area (Å²) in [4.78, 5) is 14.2. The van der Waals surface area contributed by atoms with Crippen LogP contribution < -0.4 is 0 Å². The quantitative estimate of drug-likeness (QED) is 0.884. The van der Waals surface area contributed by atoms with Crippen molar-refractivity contribution in [2.45, 2.75) is 32.4 Å². The molecule has 2 aromatic rings. The topological polar surface area (TPSA) is 60.8 Å². The fraction of sp³-hybridized carbons (Fsp3) is 0.350. The highest BCUT2D eigenvalue weighted by molar-refractivity contribution is 5.95. The van der Waals surface area contributed by atoms with Gasteiger partial charge >= 0.3 is 5.97 Å². The molecule has 0 bridgehead atoms. The Kier molecular flexibility index (Phi) is 4.20. The van der Waals surface area contributed by atoms with Gasteiger partial charge in [-0.1, -0.05) is 50.2 Å². The first-order valence-electron chi connectivity index (χ1n) is 8.39. The number of rotatable bonds is 5. The van der Waals surface area contributed by atoms with Crippen LogP contribution in [0.25, 0.3) is 11.1 Å². The highest BCUT2D eigenvalue weighted by Crippen LogP contribution is 2.48. The predicted octanol–water partition coefficient (Wildman–Crippen LogP) is 3.39. The minimum Gasteiger partial charge on any atom is -0.479 e. The normalized spacial score (nSPS) is 19.9. The maximum Gasteiger partial charge on any atom is 0.345 e. The standard InChI is InChI=1S/C20H23NO3/c1-4-21(5-2)13(3)14-10-11-16-15-8-6-7-9-17(15)20(24,19(22)23)18(16)12-14/h6-13,24H,4-5H2,1-3H3,(H,22,23). The molecule has 0 aliphatic heterocycles. The van der Waals surface area contributed by atoms with Crippen molar-refractivity contribution in [3.63, 3.8) is 0 Å². The van der Waals surface area contributed by atoms with Gasteiger partial charge in [0.05, 0.1) is 0 Å². The van der Waals surface area contributed by atoms with E-state index in [1.807, 2.05) is 30.3 Å². The van der Waals surface area contributed by atoms with Gasteiger partial charge in [-0.2, -0.15) is 0 Å². The number of benzene rings is 2. The van der Waals surface area contributed by atoms with E-state index >= 15 is 0 Å². The molecule has 1 aliphatic carbocycles. The molecular formula is C20H23NO3. The lowest BCUT2D eigenvalue weighted by Gasteiger charge is -2.28. The maximum absolute atomic E-state index is 11.9. The van der Waals surface area contributed by atoms with Crippen molar-refractivity contribution in [2.24, 2.45) is 0 Å². The van der Waals surface area contributed by atoms with E-state index in [0.717, 1.165) is 29.8 Å². The molecule has 1 aliphatic rings. The summed E-state index contributed by atoms with van der Waals surface area (Å²) in [5.74, 6) is -1.23. The van der Waals surface area contributed by atoms with Crippen LogP contribution in [0.15, 0.2) is 42.5 Å². The molecule has 2 unspecified atom stereocenters. The molecule has 2 atom stereocenters. The number of carbonyl (C=O) groups is 1. The number of hydrogen-bond donors (Lipinski definition) is 2. The number of fused-ring (bicyclic) bond motifs is 3. The molecule has 2 N–H and O–H groups in total. The molecule has 126 valence electrons. The molecule has 4 nitrogen and oxygen atoms in total. The molecule has 24 heavy (non-hydrogen) atoms. The van der Waals surface area contributed by atoms with Crippen LogP contribution in [0.2, 0.25) is 0 Å². The molecule has 2 aromatic carbocycles. The van der Waals surface area contributed by atoms with Gasteiger partial charge in [0.15, 0.2) is 0 Å². The Morgan fingerprint density at radius 2 is 1.71 bits per heavy atom. The molecule has 0 fully saturated rings. The Balaban J connectivity index is 2.17. The second-order valence-electron chi connectivity index (χ2n) is 6.26. The lowest BCUT2D eigenvalue weighted by atomic mass is 9.90. The first kappa shape index (κ1) is 16.7. The van der Waals surface area contributed by atoms with Crippen LogP contribution in [-0.2, 0) is 10.4 Å². The maximum atomic E-state index is 11.9. The van der Waals surface area contributed by atoms with Crippen LogP contribution >= 0.6 is 0 Å². The van der Waals surface area contributed by atoms with E-state index in [9.17, 15) is 15.0 Å². The molecule has 0 saturated carbocycles. The first-order chi connectivity index (χ1) is 11.4. The largest absolute Gasteiger partial charge is 0.479 e. The third-order valence-electron chi connectivity index (χ3n) is 5.19. The van der Waals surface area contributed by atoms with Gasteiger partial charge in [-0.3, -0.25) is 4.90 Å². The van der Waals surface area contributed by atoms with E-state index in [2.05, 4.69) is 25.7 Å². The Bertz CT molecular complexity index is 782. The zero-order chi connectivity index (χ0) is 17.5. The average molecular weight is 325 g/mol. The van der Waals surface area contributed by atoms with E-state index in [-0.39, 0.29) is 6.04 Å². The Labute approximate surface area is 142 Å². The summed E-state index contributed by atoms with van der Waals surface area (Å²) < 4.78 is 0. The molecule has 0 heterocycles. The number of nitrogens with zero attached hydrogens (tertiary/aromatic N) is 1. The van der Waals surface area contributed by atoms with Gasteiger partial charge in [0, 0.05) is 17.2 Å². The Hall–Kier alpha value is -2.17. The van der Waals surface area contributed by atoms with Gasteiger partial charge in [-0.15, -0.1) is 0 Å². The van der Waals surface area contributed by atoms with Crippen molar-refractivity contribution in [2.75, 3.05) is 13.1 Å². The van der Waals surface area contributed by atoms with Crippen molar-refractivity contribution in [3.05, 3.63) is 59.2 Å². The van der Waals surface area contributed by atoms with Crippen molar-refractivity contribution in [1.29, 1.82) is 0 Å². The van der Waals surface area contributed by atoms with Gasteiger partial charge in [0.25, 0.3) is 0 Å². The molecule has 4 heteroatoms. The third-order valence-corrected chi connectivity index (χ3v) is 5.19. The van der Waals surface area contributed by atoms with Crippen molar-refractivity contribution < 1.29 is 15.0 Å². The monoisotopic (exact) mass is 325 g/mol. The van der Waals surface area contributed by atoms with Crippen molar-refractivity contribution in [3.8, 4) is 11.1 Å². The van der Waals surface area contributed by atoms with E-state index in [1.54, 1.807) is 12.1 Å². The summed E-state index contributed by atoms with van der Waals surface area (Å²) in [6.07, 6.45) is 0. The summed E-state index contributed by atoms with van der Waals surface area (Å²) >= 11 is 0. The van der Waals surface area contributed by atoms with Crippen LogP contribution in [-0.4, -0.2) is 34.2 Å². The zero-order valence-electron chi connectivity index (χ0n) is 14.3. The summed E-state index contributed by atoms with van der Waals surface area (Å²) in [5, 5.41) is 20.8. The Morgan fingerprint density at radius 3 is 2.33 bits per heavy atom. The lowest BCUT2D eigenvalue weighted by molar-refractivity contribution is -0.154. The van der Waals surface area contributed by atoms with Crippen LogP contribution in [0.4, 0.5) is 0 Å². The second kappa shape index (κ2) is 6.04. The van der Waals surface area contributed by atoms with Crippen LogP contribution in [0, 0.1) is 0 Å². The summed E-state index contributed by atoms with van der Waals surface area (Å²) in [5.41, 5.74) is 1.54.